The maximum Gasteiger partial charge on any atom is 0.0947 e. The maximum absolute atomic E-state index is 6.04. The summed E-state index contributed by atoms with van der Waals surface area (Å²) in [5.41, 5.74) is 8.63. The predicted molar refractivity (Wildman–Crippen MR) is 85.3 cm³/mol. The van der Waals surface area contributed by atoms with Crippen molar-refractivity contribution in [2.24, 2.45) is 5.73 Å². The summed E-state index contributed by atoms with van der Waals surface area (Å²) in [6, 6.07) is 10.9. The Balaban J connectivity index is 1.75. The standard InChI is InChI=1S/C16H21N3S/c1-2-12(17)10-16-18-14-8-9-19(11-15(14)20-16)13-6-4-3-5-7-13/h3-7,12H,2,8-11,17H2,1H3. The molecule has 1 aliphatic heterocycles. The SMILES string of the molecule is CCC(N)Cc1nc2c(s1)CN(c1ccccc1)CC2. The number of nitrogens with zero attached hydrogens (tertiary/aromatic N) is 2. The van der Waals surface area contributed by atoms with Gasteiger partial charge in [-0.15, -0.1) is 11.3 Å². The smallest absolute Gasteiger partial charge is 0.0947 e. The lowest BCUT2D eigenvalue weighted by atomic mass is 10.1. The third-order valence-corrected chi connectivity index (χ3v) is 4.96. The van der Waals surface area contributed by atoms with Crippen molar-refractivity contribution in [3.63, 3.8) is 0 Å². The molecule has 1 atom stereocenters. The van der Waals surface area contributed by atoms with Crippen LogP contribution in [0.1, 0.15) is 28.9 Å². The van der Waals surface area contributed by atoms with E-state index in [0.717, 1.165) is 32.4 Å². The van der Waals surface area contributed by atoms with Crippen LogP contribution in [0.2, 0.25) is 0 Å². The lowest BCUT2D eigenvalue weighted by molar-refractivity contribution is 0.641. The first-order chi connectivity index (χ1) is 9.76. The first-order valence-corrected chi connectivity index (χ1v) is 8.11. The molecule has 0 amide bonds. The zero-order chi connectivity index (χ0) is 13.9. The number of thiazole rings is 1. The molecule has 1 unspecified atom stereocenters. The second-order valence-corrected chi connectivity index (χ2v) is 6.53. The Hall–Kier alpha value is -1.39. The molecule has 106 valence electrons. The van der Waals surface area contributed by atoms with Gasteiger partial charge in [-0.05, 0) is 18.6 Å². The van der Waals surface area contributed by atoms with Gasteiger partial charge in [-0.3, -0.25) is 0 Å². The summed E-state index contributed by atoms with van der Waals surface area (Å²) in [6.45, 7) is 4.17. The highest BCUT2D eigenvalue weighted by atomic mass is 32.1. The number of para-hydroxylation sites is 1. The number of fused-ring (bicyclic) bond motifs is 1. The molecule has 1 aromatic carbocycles. The predicted octanol–water partition coefficient (Wildman–Crippen LogP) is 2.99. The van der Waals surface area contributed by atoms with Crippen molar-refractivity contribution in [1.82, 2.24) is 4.98 Å². The Morgan fingerprint density at radius 2 is 2.15 bits per heavy atom. The van der Waals surface area contributed by atoms with Gasteiger partial charge in [0.2, 0.25) is 0 Å². The number of nitrogens with two attached hydrogens (primary N) is 1. The minimum Gasteiger partial charge on any atom is -0.366 e. The summed E-state index contributed by atoms with van der Waals surface area (Å²) in [4.78, 5) is 8.63. The van der Waals surface area contributed by atoms with E-state index in [1.807, 2.05) is 11.3 Å². The summed E-state index contributed by atoms with van der Waals surface area (Å²) < 4.78 is 0. The summed E-state index contributed by atoms with van der Waals surface area (Å²) in [6.07, 6.45) is 2.97. The van der Waals surface area contributed by atoms with Gasteiger partial charge in [0, 0.05) is 36.0 Å². The first kappa shape index (κ1) is 13.6. The maximum atomic E-state index is 6.04. The molecule has 0 spiro atoms. The topological polar surface area (TPSA) is 42.1 Å². The third kappa shape index (κ3) is 2.86. The van der Waals surface area contributed by atoms with Crippen molar-refractivity contribution in [2.45, 2.75) is 38.8 Å². The Bertz CT molecular complexity index is 564. The average molecular weight is 287 g/mol. The Morgan fingerprint density at radius 3 is 2.90 bits per heavy atom. The molecular weight excluding hydrogens is 266 g/mol. The molecule has 20 heavy (non-hydrogen) atoms. The van der Waals surface area contributed by atoms with E-state index >= 15 is 0 Å². The molecule has 2 aromatic rings. The quantitative estimate of drug-likeness (QED) is 0.940. The minimum atomic E-state index is 0.243. The van der Waals surface area contributed by atoms with E-state index in [-0.39, 0.29) is 6.04 Å². The van der Waals surface area contributed by atoms with Crippen molar-refractivity contribution in [3.05, 3.63) is 45.9 Å². The Morgan fingerprint density at radius 1 is 1.35 bits per heavy atom. The second-order valence-electron chi connectivity index (χ2n) is 5.36. The van der Waals surface area contributed by atoms with E-state index in [2.05, 4.69) is 42.2 Å². The molecule has 1 aliphatic rings. The molecule has 0 saturated heterocycles. The van der Waals surface area contributed by atoms with Gasteiger partial charge in [-0.2, -0.15) is 0 Å². The fourth-order valence-corrected chi connectivity index (χ4v) is 3.79. The van der Waals surface area contributed by atoms with E-state index in [4.69, 9.17) is 10.7 Å². The number of hydrogen-bond donors (Lipinski definition) is 1. The molecule has 3 nitrogen and oxygen atoms in total. The minimum absolute atomic E-state index is 0.243. The lowest BCUT2D eigenvalue weighted by Gasteiger charge is -2.28. The van der Waals surface area contributed by atoms with Gasteiger partial charge in [0.25, 0.3) is 0 Å². The van der Waals surface area contributed by atoms with Crippen molar-refractivity contribution in [1.29, 1.82) is 0 Å². The molecule has 0 saturated carbocycles. The van der Waals surface area contributed by atoms with Crippen molar-refractivity contribution in [2.75, 3.05) is 11.4 Å². The highest BCUT2D eigenvalue weighted by Crippen LogP contribution is 2.28. The van der Waals surface area contributed by atoms with Crippen molar-refractivity contribution >= 4 is 17.0 Å². The molecule has 0 bridgehead atoms. The zero-order valence-electron chi connectivity index (χ0n) is 11.9. The lowest BCUT2D eigenvalue weighted by Crippen LogP contribution is -2.29. The molecule has 3 rings (SSSR count). The molecule has 4 heteroatoms. The number of benzene rings is 1. The van der Waals surface area contributed by atoms with Crippen LogP contribution >= 0.6 is 11.3 Å². The number of aromatic nitrogens is 1. The summed E-state index contributed by atoms with van der Waals surface area (Å²) in [5, 5.41) is 1.21. The van der Waals surface area contributed by atoms with Crippen LogP contribution in [0, 0.1) is 0 Å². The van der Waals surface area contributed by atoms with Gasteiger partial charge < -0.3 is 10.6 Å². The van der Waals surface area contributed by atoms with Crippen LogP contribution in [0.25, 0.3) is 0 Å². The van der Waals surface area contributed by atoms with Crippen LogP contribution in [0.5, 0.6) is 0 Å². The average Bonchev–Trinajstić information content (AvgIpc) is 2.89. The highest BCUT2D eigenvalue weighted by Gasteiger charge is 2.21. The normalized spacial score (nSPS) is 16.0. The molecule has 2 N–H and O–H groups in total. The Kier molecular flexibility index (Phi) is 4.03. The highest BCUT2D eigenvalue weighted by molar-refractivity contribution is 7.11. The molecular formula is C16H21N3S. The first-order valence-electron chi connectivity index (χ1n) is 7.29. The second kappa shape index (κ2) is 5.94. The Labute approximate surface area is 124 Å². The molecule has 0 radical (unpaired) electrons. The van der Waals surface area contributed by atoms with E-state index in [9.17, 15) is 0 Å². The zero-order valence-corrected chi connectivity index (χ0v) is 12.7. The van der Waals surface area contributed by atoms with Crippen LogP contribution in [0.4, 0.5) is 5.69 Å². The van der Waals surface area contributed by atoms with Gasteiger partial charge in [0.05, 0.1) is 17.2 Å². The molecule has 1 aromatic heterocycles. The fourth-order valence-electron chi connectivity index (χ4n) is 2.56. The van der Waals surface area contributed by atoms with E-state index < -0.39 is 0 Å². The summed E-state index contributed by atoms with van der Waals surface area (Å²) >= 11 is 1.84. The number of anilines is 1. The van der Waals surface area contributed by atoms with Crippen LogP contribution in [-0.4, -0.2) is 17.6 Å². The van der Waals surface area contributed by atoms with Gasteiger partial charge >= 0.3 is 0 Å². The third-order valence-electron chi connectivity index (χ3n) is 3.86. The van der Waals surface area contributed by atoms with Gasteiger partial charge in [-0.1, -0.05) is 25.1 Å². The van der Waals surface area contributed by atoms with Crippen molar-refractivity contribution < 1.29 is 0 Å². The summed E-state index contributed by atoms with van der Waals surface area (Å²) in [7, 11) is 0. The summed E-state index contributed by atoms with van der Waals surface area (Å²) in [5.74, 6) is 0. The van der Waals surface area contributed by atoms with E-state index in [0.29, 0.717) is 0 Å². The molecule has 0 fully saturated rings. The fraction of sp³-hybridized carbons (Fsp3) is 0.438. The van der Waals surface area contributed by atoms with Crippen LogP contribution in [0.15, 0.2) is 30.3 Å². The molecule has 0 aliphatic carbocycles. The largest absolute Gasteiger partial charge is 0.366 e. The van der Waals surface area contributed by atoms with Gasteiger partial charge in [0.15, 0.2) is 0 Å². The van der Waals surface area contributed by atoms with Gasteiger partial charge in [0.1, 0.15) is 0 Å². The van der Waals surface area contributed by atoms with Crippen LogP contribution < -0.4 is 10.6 Å². The number of hydrogen-bond acceptors (Lipinski definition) is 4. The van der Waals surface area contributed by atoms with E-state index in [1.54, 1.807) is 0 Å². The van der Waals surface area contributed by atoms with Crippen LogP contribution in [-0.2, 0) is 19.4 Å². The molecule has 2 heterocycles. The van der Waals surface area contributed by atoms with Crippen LogP contribution in [0.3, 0.4) is 0 Å². The van der Waals surface area contributed by atoms with Gasteiger partial charge in [-0.25, -0.2) is 4.98 Å². The van der Waals surface area contributed by atoms with E-state index in [1.165, 1.54) is 21.3 Å². The monoisotopic (exact) mass is 287 g/mol. The number of rotatable bonds is 4. The van der Waals surface area contributed by atoms with Crippen molar-refractivity contribution in [3.8, 4) is 0 Å².